The third-order valence-electron chi connectivity index (χ3n) is 5.78. The summed E-state index contributed by atoms with van der Waals surface area (Å²) in [5.74, 6) is 0.424. The second-order valence-corrected chi connectivity index (χ2v) is 10.4. The number of rotatable bonds is 13. The fourth-order valence-corrected chi connectivity index (χ4v) is 3.78. The fourth-order valence-electron chi connectivity index (χ4n) is 3.65. The van der Waals surface area contributed by atoms with Crippen LogP contribution in [0.5, 0.6) is 0 Å². The van der Waals surface area contributed by atoms with Gasteiger partial charge in [-0.2, -0.15) is 5.10 Å². The first kappa shape index (κ1) is 27.9. The molecule has 0 saturated heterocycles. The number of anilines is 1. The highest BCUT2D eigenvalue weighted by Gasteiger charge is 2.23. The molecule has 2 amide bonds. The van der Waals surface area contributed by atoms with Crippen LogP contribution in [0.1, 0.15) is 91.7 Å². The SMILES string of the molecule is CCCCCCCC(=O)N(CCCC)CC(=O)Nc1cc(C(C)(C)C)nn1-c1ccc(Cl)cc1. The summed E-state index contributed by atoms with van der Waals surface area (Å²) in [6, 6.07) is 9.23. The van der Waals surface area contributed by atoms with Crippen molar-refractivity contribution in [1.29, 1.82) is 0 Å². The van der Waals surface area contributed by atoms with Gasteiger partial charge in [0.05, 0.1) is 17.9 Å². The number of hydrogen-bond donors (Lipinski definition) is 1. The highest BCUT2D eigenvalue weighted by molar-refractivity contribution is 6.30. The number of carbonyl (C=O) groups is 2. The van der Waals surface area contributed by atoms with E-state index in [0.29, 0.717) is 23.8 Å². The smallest absolute Gasteiger partial charge is 0.245 e. The largest absolute Gasteiger partial charge is 0.333 e. The van der Waals surface area contributed by atoms with Gasteiger partial charge in [0.2, 0.25) is 11.8 Å². The number of amides is 2. The van der Waals surface area contributed by atoms with E-state index >= 15 is 0 Å². The molecule has 0 fully saturated rings. The Balaban J connectivity index is 2.14. The van der Waals surface area contributed by atoms with E-state index in [1.807, 2.05) is 18.2 Å². The van der Waals surface area contributed by atoms with Gasteiger partial charge in [-0.25, -0.2) is 4.68 Å². The van der Waals surface area contributed by atoms with Crippen LogP contribution in [0.15, 0.2) is 30.3 Å². The van der Waals surface area contributed by atoms with Crippen LogP contribution in [0.3, 0.4) is 0 Å². The molecule has 1 heterocycles. The Kier molecular flexibility index (Phi) is 11.1. The van der Waals surface area contributed by atoms with Crippen LogP contribution >= 0.6 is 11.6 Å². The second kappa shape index (κ2) is 13.5. The van der Waals surface area contributed by atoms with Crippen LogP contribution in [0.2, 0.25) is 5.02 Å². The van der Waals surface area contributed by atoms with E-state index in [0.717, 1.165) is 43.5 Å². The van der Waals surface area contributed by atoms with E-state index in [-0.39, 0.29) is 23.8 Å². The monoisotopic (exact) mass is 488 g/mol. The summed E-state index contributed by atoms with van der Waals surface area (Å²) in [5, 5.41) is 8.37. The number of nitrogens with one attached hydrogen (secondary N) is 1. The van der Waals surface area contributed by atoms with E-state index in [1.54, 1.807) is 21.7 Å². The summed E-state index contributed by atoms with van der Waals surface area (Å²) in [5.41, 5.74) is 1.49. The van der Waals surface area contributed by atoms with E-state index in [2.05, 4.69) is 39.9 Å². The summed E-state index contributed by atoms with van der Waals surface area (Å²) >= 11 is 6.05. The third-order valence-corrected chi connectivity index (χ3v) is 6.03. The first-order valence-corrected chi connectivity index (χ1v) is 13.0. The average Bonchev–Trinajstić information content (AvgIpc) is 3.21. The van der Waals surface area contributed by atoms with Crippen LogP contribution in [0.25, 0.3) is 5.69 Å². The molecule has 1 N–H and O–H groups in total. The highest BCUT2D eigenvalue weighted by atomic mass is 35.5. The number of benzene rings is 1. The van der Waals surface area contributed by atoms with Crippen molar-refractivity contribution >= 4 is 29.2 Å². The van der Waals surface area contributed by atoms with Gasteiger partial charge in [0.15, 0.2) is 0 Å². The Morgan fingerprint density at radius 2 is 1.65 bits per heavy atom. The Morgan fingerprint density at radius 1 is 1.00 bits per heavy atom. The van der Waals surface area contributed by atoms with Crippen LogP contribution in [0.4, 0.5) is 5.82 Å². The average molecular weight is 489 g/mol. The quantitative estimate of drug-likeness (QED) is 0.317. The molecule has 1 aromatic carbocycles. The van der Waals surface area contributed by atoms with Gasteiger partial charge >= 0.3 is 0 Å². The molecule has 0 unspecified atom stereocenters. The molecule has 7 heteroatoms. The lowest BCUT2D eigenvalue weighted by atomic mass is 9.92. The van der Waals surface area contributed by atoms with E-state index in [4.69, 9.17) is 16.7 Å². The van der Waals surface area contributed by atoms with Gasteiger partial charge in [-0.3, -0.25) is 9.59 Å². The molecule has 0 spiro atoms. The number of carbonyl (C=O) groups excluding carboxylic acids is 2. The molecule has 2 rings (SSSR count). The van der Waals surface area contributed by atoms with Crippen LogP contribution < -0.4 is 5.32 Å². The maximum Gasteiger partial charge on any atom is 0.245 e. The van der Waals surface area contributed by atoms with Crippen LogP contribution in [-0.4, -0.2) is 39.6 Å². The molecule has 0 atom stereocenters. The zero-order valence-corrected chi connectivity index (χ0v) is 22.2. The van der Waals surface area contributed by atoms with Gasteiger partial charge < -0.3 is 10.2 Å². The Hall–Kier alpha value is -2.34. The first-order valence-electron chi connectivity index (χ1n) is 12.6. The number of unbranched alkanes of at least 4 members (excludes halogenated alkanes) is 5. The van der Waals surface area contributed by atoms with Gasteiger partial charge in [0.1, 0.15) is 5.82 Å². The number of halogens is 1. The minimum atomic E-state index is -0.217. The Labute approximate surface area is 210 Å². The van der Waals surface area contributed by atoms with Crippen LogP contribution in [0, 0.1) is 0 Å². The van der Waals surface area contributed by atoms with Gasteiger partial charge in [-0.1, -0.05) is 78.3 Å². The van der Waals surface area contributed by atoms with Crippen molar-refractivity contribution in [1.82, 2.24) is 14.7 Å². The van der Waals surface area contributed by atoms with E-state index < -0.39 is 0 Å². The lowest BCUT2D eigenvalue weighted by molar-refractivity contribution is -0.134. The molecule has 188 valence electrons. The lowest BCUT2D eigenvalue weighted by Gasteiger charge is -2.22. The number of nitrogens with zero attached hydrogens (tertiary/aromatic N) is 3. The predicted octanol–water partition coefficient (Wildman–Crippen LogP) is 6.75. The zero-order chi connectivity index (χ0) is 25.1. The van der Waals surface area contributed by atoms with Gasteiger partial charge in [-0.15, -0.1) is 0 Å². The summed E-state index contributed by atoms with van der Waals surface area (Å²) in [6.45, 7) is 11.2. The van der Waals surface area contributed by atoms with Gasteiger partial charge in [0.25, 0.3) is 0 Å². The fraction of sp³-hybridized carbons (Fsp3) is 0.593. The standard InChI is InChI=1S/C27H41ClN4O2/c1-6-8-10-11-12-13-26(34)31(18-9-7-2)20-25(33)29-24-19-23(27(3,4)5)30-32(24)22-16-14-21(28)15-17-22/h14-17,19H,6-13,18,20H2,1-5H3,(H,29,33). The van der Waals surface area contributed by atoms with E-state index in [1.165, 1.54) is 12.8 Å². The molecule has 6 nitrogen and oxygen atoms in total. The maximum absolute atomic E-state index is 13.0. The molecule has 0 aliphatic heterocycles. The molecule has 0 bridgehead atoms. The van der Waals surface area contributed by atoms with Crippen molar-refractivity contribution in [3.05, 3.63) is 41.0 Å². The molecule has 2 aromatic rings. The Morgan fingerprint density at radius 3 is 2.26 bits per heavy atom. The summed E-state index contributed by atoms with van der Waals surface area (Å²) in [7, 11) is 0. The molecule has 0 aliphatic rings. The minimum absolute atomic E-state index is 0.0461. The third kappa shape index (κ3) is 8.79. The molecule has 1 aromatic heterocycles. The maximum atomic E-state index is 13.0. The molecule has 0 saturated carbocycles. The summed E-state index contributed by atoms with van der Waals surface area (Å²) < 4.78 is 1.72. The van der Waals surface area contributed by atoms with Crippen molar-refractivity contribution in [2.24, 2.45) is 0 Å². The topological polar surface area (TPSA) is 67.2 Å². The number of hydrogen-bond acceptors (Lipinski definition) is 3. The minimum Gasteiger partial charge on any atom is -0.333 e. The zero-order valence-electron chi connectivity index (χ0n) is 21.5. The first-order chi connectivity index (χ1) is 16.2. The Bertz CT molecular complexity index is 916. The van der Waals surface area contributed by atoms with Crippen molar-refractivity contribution in [2.75, 3.05) is 18.4 Å². The molecule has 34 heavy (non-hydrogen) atoms. The van der Waals surface area contributed by atoms with Crippen molar-refractivity contribution in [3.63, 3.8) is 0 Å². The second-order valence-electron chi connectivity index (χ2n) is 9.93. The van der Waals surface area contributed by atoms with Gasteiger partial charge in [-0.05, 0) is 37.1 Å². The highest BCUT2D eigenvalue weighted by Crippen LogP contribution is 2.27. The van der Waals surface area contributed by atoms with Crippen molar-refractivity contribution < 1.29 is 9.59 Å². The molecular weight excluding hydrogens is 448 g/mol. The summed E-state index contributed by atoms with van der Waals surface area (Å²) in [6.07, 6.45) is 7.83. The lowest BCUT2D eigenvalue weighted by Crippen LogP contribution is -2.38. The van der Waals surface area contributed by atoms with Crippen molar-refractivity contribution in [2.45, 2.75) is 91.4 Å². The molecular formula is C27H41ClN4O2. The van der Waals surface area contributed by atoms with Crippen LogP contribution in [-0.2, 0) is 15.0 Å². The van der Waals surface area contributed by atoms with Gasteiger partial charge in [0, 0.05) is 29.5 Å². The molecule has 0 radical (unpaired) electrons. The normalized spacial score (nSPS) is 11.5. The van der Waals surface area contributed by atoms with Crippen molar-refractivity contribution in [3.8, 4) is 5.69 Å². The predicted molar refractivity (Wildman–Crippen MR) is 141 cm³/mol. The summed E-state index contributed by atoms with van der Waals surface area (Å²) in [4.78, 5) is 27.6. The van der Waals surface area contributed by atoms with E-state index in [9.17, 15) is 9.59 Å². The number of aromatic nitrogens is 2. The molecule has 0 aliphatic carbocycles.